The van der Waals surface area contributed by atoms with Crippen LogP contribution in [0.25, 0.3) is 11.1 Å². The lowest BCUT2D eigenvalue weighted by atomic mass is 9.90. The van der Waals surface area contributed by atoms with Crippen LogP contribution in [0.15, 0.2) is 89.7 Å². The second kappa shape index (κ2) is 14.1. The Morgan fingerprint density at radius 1 is 0.958 bits per heavy atom. The summed E-state index contributed by atoms with van der Waals surface area (Å²) in [6, 6.07) is 16.8. The molecule has 2 fully saturated rings. The summed E-state index contributed by atoms with van der Waals surface area (Å²) < 4.78 is 20.4. The summed E-state index contributed by atoms with van der Waals surface area (Å²) in [7, 11) is 0. The second-order valence-electron chi connectivity index (χ2n) is 13.1. The molecule has 4 aliphatic rings. The number of carbonyl (C=O) groups is 2. The molecule has 7 rings (SSSR count). The van der Waals surface area contributed by atoms with E-state index in [0.29, 0.717) is 25.1 Å². The summed E-state index contributed by atoms with van der Waals surface area (Å²) in [6.07, 6.45) is 12.3. The average molecular weight is 649 g/mol. The van der Waals surface area contributed by atoms with Gasteiger partial charge >= 0.3 is 0 Å². The van der Waals surface area contributed by atoms with Crippen LogP contribution in [0, 0.1) is 5.82 Å². The zero-order chi connectivity index (χ0) is 33.0. The van der Waals surface area contributed by atoms with Gasteiger partial charge in [0, 0.05) is 24.3 Å². The van der Waals surface area contributed by atoms with E-state index in [2.05, 4.69) is 54.7 Å². The first kappa shape index (κ1) is 31.8. The van der Waals surface area contributed by atoms with Gasteiger partial charge in [-0.2, -0.15) is 0 Å². The Morgan fingerprint density at radius 3 is 2.46 bits per heavy atom. The number of amidine groups is 1. The van der Waals surface area contributed by atoms with Crippen molar-refractivity contribution in [3.8, 4) is 22.8 Å². The zero-order valence-electron chi connectivity index (χ0n) is 27.2. The highest BCUT2D eigenvalue weighted by atomic mass is 19.1. The van der Waals surface area contributed by atoms with Gasteiger partial charge in [-0.1, -0.05) is 42.5 Å². The van der Waals surface area contributed by atoms with E-state index in [9.17, 15) is 14.0 Å². The number of allylic oxidation sites excluding steroid dienone is 3. The number of benzene rings is 2. The lowest BCUT2D eigenvalue weighted by molar-refractivity contribution is -0.123. The minimum absolute atomic E-state index is 0.0129. The monoisotopic (exact) mass is 648 g/mol. The number of aliphatic imine (C=N–C) groups is 1. The Bertz CT molecular complexity index is 1760. The smallest absolute Gasteiger partial charge is 0.257 e. The van der Waals surface area contributed by atoms with Crippen LogP contribution in [0.2, 0.25) is 0 Å². The predicted molar refractivity (Wildman–Crippen MR) is 183 cm³/mol. The van der Waals surface area contributed by atoms with E-state index < -0.39 is 17.8 Å². The van der Waals surface area contributed by atoms with Crippen molar-refractivity contribution in [2.75, 3.05) is 19.6 Å². The van der Waals surface area contributed by atoms with Gasteiger partial charge in [-0.05, 0) is 106 Å². The first-order valence-corrected chi connectivity index (χ1v) is 16.9. The van der Waals surface area contributed by atoms with Crippen molar-refractivity contribution in [2.45, 2.75) is 70.1 Å². The molecule has 0 spiro atoms. The maximum absolute atomic E-state index is 14.3. The van der Waals surface area contributed by atoms with Crippen LogP contribution in [0.4, 0.5) is 4.39 Å². The Balaban J connectivity index is 0.940. The molecular formula is C38H41FN6O3. The third-order valence-corrected chi connectivity index (χ3v) is 9.64. The molecule has 10 heteroatoms. The van der Waals surface area contributed by atoms with Gasteiger partial charge in [-0.15, -0.1) is 0 Å². The number of carbonyl (C=O) groups excluding carboxylic acids is 2. The summed E-state index contributed by atoms with van der Waals surface area (Å²) in [5.74, 6) is 0.240. The highest BCUT2D eigenvalue weighted by Crippen LogP contribution is 2.30. The maximum Gasteiger partial charge on any atom is 0.257 e. The zero-order valence-corrected chi connectivity index (χ0v) is 27.2. The molecule has 2 aromatic carbocycles. The molecule has 1 saturated carbocycles. The van der Waals surface area contributed by atoms with Crippen molar-refractivity contribution in [3.05, 3.63) is 102 Å². The molecule has 3 aromatic rings. The summed E-state index contributed by atoms with van der Waals surface area (Å²) in [4.78, 5) is 39.6. The van der Waals surface area contributed by atoms with Crippen LogP contribution in [0.5, 0.6) is 11.6 Å². The van der Waals surface area contributed by atoms with Crippen molar-refractivity contribution >= 4 is 17.6 Å². The Kier molecular flexibility index (Phi) is 9.34. The number of likely N-dealkylation sites (tertiary alicyclic amines) is 1. The number of nitrogens with zero attached hydrogens (tertiary/aromatic N) is 4. The van der Waals surface area contributed by atoms with Crippen LogP contribution < -0.4 is 15.4 Å². The van der Waals surface area contributed by atoms with E-state index in [4.69, 9.17) is 4.74 Å². The quantitative estimate of drug-likeness (QED) is 0.296. The topological polar surface area (TPSA) is 99.2 Å². The third-order valence-electron chi connectivity index (χ3n) is 9.64. The standard InChI is InChI=1S/C38H41FN6O3/c1-25-6-4-9-35-43-34(24-45(25)35)37(47)42-31-16-14-30(15-17-31)41-36(46)33-21-29(39)22-40-38(33)48-32-8-5-7-28(20-32)27-12-10-26(11-13-27)23-44-18-2-3-19-44/h4-13,20-22,30-31,34H,2-3,14-19,23-24H2,1H3,(H,41,46)(H,42,47). The summed E-state index contributed by atoms with van der Waals surface area (Å²) in [5, 5.41) is 6.20. The van der Waals surface area contributed by atoms with Gasteiger partial charge in [0.1, 0.15) is 29.0 Å². The molecule has 248 valence electrons. The molecule has 2 N–H and O–H groups in total. The van der Waals surface area contributed by atoms with E-state index in [1.807, 2.05) is 43.4 Å². The molecule has 0 radical (unpaired) electrons. The van der Waals surface area contributed by atoms with Crippen molar-refractivity contribution in [1.29, 1.82) is 0 Å². The molecule has 1 aromatic heterocycles. The number of halogens is 1. The number of fused-ring (bicyclic) bond motifs is 1. The minimum Gasteiger partial charge on any atom is -0.438 e. The largest absolute Gasteiger partial charge is 0.438 e. The van der Waals surface area contributed by atoms with E-state index in [1.165, 1.54) is 18.4 Å². The van der Waals surface area contributed by atoms with Gasteiger partial charge in [0.05, 0.1) is 12.7 Å². The average Bonchev–Trinajstić information content (AvgIpc) is 3.78. The molecule has 4 heterocycles. The van der Waals surface area contributed by atoms with Gasteiger partial charge in [-0.25, -0.2) is 9.37 Å². The molecule has 0 bridgehead atoms. The molecular weight excluding hydrogens is 607 g/mol. The Morgan fingerprint density at radius 2 is 1.71 bits per heavy atom. The maximum atomic E-state index is 14.3. The number of nitrogens with one attached hydrogen (secondary N) is 2. The van der Waals surface area contributed by atoms with Crippen molar-refractivity contribution in [3.63, 3.8) is 0 Å². The molecule has 1 aliphatic carbocycles. The van der Waals surface area contributed by atoms with Gasteiger partial charge in [0.15, 0.2) is 0 Å². The first-order valence-electron chi connectivity index (χ1n) is 16.9. The van der Waals surface area contributed by atoms with Crippen molar-refractivity contribution in [2.24, 2.45) is 4.99 Å². The fourth-order valence-electron chi connectivity index (χ4n) is 6.96. The van der Waals surface area contributed by atoms with Gasteiger partial charge < -0.3 is 20.3 Å². The Hall–Kier alpha value is -4.83. The molecule has 1 saturated heterocycles. The lowest BCUT2D eigenvalue weighted by Crippen LogP contribution is -2.47. The number of pyridine rings is 1. The number of ether oxygens (including phenoxy) is 1. The molecule has 1 unspecified atom stereocenters. The fraction of sp³-hybridized carbons (Fsp3) is 0.368. The number of amides is 2. The molecule has 48 heavy (non-hydrogen) atoms. The second-order valence-corrected chi connectivity index (χ2v) is 13.1. The normalized spacial score (nSPS) is 22.1. The highest BCUT2D eigenvalue weighted by molar-refractivity contribution is 6.00. The van der Waals surface area contributed by atoms with E-state index in [0.717, 1.165) is 67.4 Å². The Labute approximate surface area is 280 Å². The summed E-state index contributed by atoms with van der Waals surface area (Å²) in [6.45, 7) is 5.84. The van der Waals surface area contributed by atoms with E-state index >= 15 is 0 Å². The molecule has 2 amide bonds. The number of hydrogen-bond donors (Lipinski definition) is 2. The molecule has 3 aliphatic heterocycles. The van der Waals surface area contributed by atoms with Gasteiger partial charge in [-0.3, -0.25) is 19.5 Å². The molecule has 1 atom stereocenters. The van der Waals surface area contributed by atoms with Crippen LogP contribution in [-0.2, 0) is 11.3 Å². The minimum atomic E-state index is -0.616. The number of aromatic nitrogens is 1. The third kappa shape index (κ3) is 7.33. The fourth-order valence-corrected chi connectivity index (χ4v) is 6.96. The van der Waals surface area contributed by atoms with E-state index in [1.54, 1.807) is 6.07 Å². The lowest BCUT2D eigenvalue weighted by Gasteiger charge is -2.30. The summed E-state index contributed by atoms with van der Waals surface area (Å²) in [5.41, 5.74) is 4.43. The number of rotatable bonds is 9. The van der Waals surface area contributed by atoms with E-state index in [-0.39, 0.29) is 29.4 Å². The van der Waals surface area contributed by atoms with Gasteiger partial charge in [0.2, 0.25) is 11.8 Å². The van der Waals surface area contributed by atoms with Crippen LogP contribution in [0.3, 0.4) is 0 Å². The van der Waals surface area contributed by atoms with Crippen LogP contribution in [0.1, 0.15) is 61.4 Å². The van der Waals surface area contributed by atoms with Crippen molar-refractivity contribution in [1.82, 2.24) is 25.4 Å². The predicted octanol–water partition coefficient (Wildman–Crippen LogP) is 5.99. The van der Waals surface area contributed by atoms with Crippen molar-refractivity contribution < 1.29 is 18.7 Å². The highest BCUT2D eigenvalue weighted by Gasteiger charge is 2.33. The van der Waals surface area contributed by atoms with Crippen LogP contribution >= 0.6 is 0 Å². The van der Waals surface area contributed by atoms with Crippen LogP contribution in [-0.4, -0.2) is 70.2 Å². The summed E-state index contributed by atoms with van der Waals surface area (Å²) >= 11 is 0. The number of hydrogen-bond acceptors (Lipinski definition) is 7. The van der Waals surface area contributed by atoms with Gasteiger partial charge in [0.25, 0.3) is 5.91 Å². The molecule has 9 nitrogen and oxygen atoms in total. The first-order chi connectivity index (χ1) is 23.4. The SMILES string of the molecule is CC1=CC=CC2=NC(C(=O)NC3CCC(NC(=O)c4cc(F)cnc4Oc4cccc(-c5ccc(CN6CCCC6)cc5)c4)CC3)CN12.